The van der Waals surface area contributed by atoms with Crippen molar-refractivity contribution in [2.75, 3.05) is 14.1 Å². The number of para-hydroxylation sites is 1. The van der Waals surface area contributed by atoms with E-state index in [0.29, 0.717) is 0 Å². The number of hydrogen-bond acceptors (Lipinski definition) is 7. The summed E-state index contributed by atoms with van der Waals surface area (Å²) in [5.74, 6) is -2.31. The van der Waals surface area contributed by atoms with Gasteiger partial charge in [-0.15, -0.1) is 0 Å². The van der Waals surface area contributed by atoms with Crippen LogP contribution in [0.3, 0.4) is 0 Å². The fraction of sp³-hybridized carbons (Fsp3) is 0.167. The number of nitrogens with one attached hydrogen (secondary N) is 1. The third kappa shape index (κ3) is 5.53. The molecule has 0 spiro atoms. The summed E-state index contributed by atoms with van der Waals surface area (Å²) in [6.45, 7) is 1.15. The highest BCUT2D eigenvalue weighted by Crippen LogP contribution is 2.24. The zero-order valence-corrected chi connectivity index (χ0v) is 17.2. The third-order valence-corrected chi connectivity index (χ3v) is 5.14. The van der Waals surface area contributed by atoms with Crippen LogP contribution in [0.4, 0.5) is 0 Å². The molecule has 9 nitrogen and oxygen atoms in total. The molecule has 154 valence electrons. The Bertz CT molecular complexity index is 1070. The number of hydrogen-bond donors (Lipinski definition) is 1. The van der Waals surface area contributed by atoms with Crippen molar-refractivity contribution in [1.29, 1.82) is 0 Å². The van der Waals surface area contributed by atoms with E-state index >= 15 is 0 Å². The average Bonchev–Trinajstić information content (AvgIpc) is 2.65. The van der Waals surface area contributed by atoms with E-state index in [1.807, 2.05) is 0 Å². The van der Waals surface area contributed by atoms with Gasteiger partial charge in [0, 0.05) is 26.6 Å². The van der Waals surface area contributed by atoms with E-state index in [1.54, 1.807) is 4.89 Å². The molecule has 0 unspecified atom stereocenters. The van der Waals surface area contributed by atoms with Gasteiger partial charge in [-0.05, 0) is 35.2 Å². The number of carbonyl (C=O) groups is 3. The second-order valence-electron chi connectivity index (χ2n) is 5.91. The molecular weight excluding hydrogens is 424 g/mol. The Morgan fingerprint density at radius 3 is 2.34 bits per heavy atom. The van der Waals surface area contributed by atoms with Gasteiger partial charge in [-0.3, -0.25) is 9.59 Å². The normalized spacial score (nSPS) is 10.9. The molecule has 0 heterocycles. The Morgan fingerprint density at radius 1 is 1.07 bits per heavy atom. The molecule has 2 aromatic rings. The number of nitrogens with zero attached hydrogens (tertiary/aromatic N) is 1. The number of ether oxygens (including phenoxy) is 1. The van der Waals surface area contributed by atoms with E-state index in [-0.39, 0.29) is 21.9 Å². The molecule has 0 radical (unpaired) electrons. The van der Waals surface area contributed by atoms with Crippen LogP contribution in [0.15, 0.2) is 47.4 Å². The molecule has 0 aliphatic carbocycles. The molecule has 11 heteroatoms. The topological polar surface area (TPSA) is 119 Å². The number of esters is 1. The average molecular weight is 441 g/mol. The van der Waals surface area contributed by atoms with Crippen molar-refractivity contribution in [3.63, 3.8) is 0 Å². The largest absolute Gasteiger partial charge is 0.426 e. The summed E-state index contributed by atoms with van der Waals surface area (Å²) in [4.78, 5) is 42.5. The lowest BCUT2D eigenvalue weighted by Gasteiger charge is -2.13. The summed E-state index contributed by atoms with van der Waals surface area (Å²) in [5, 5.41) is -0.177. The van der Waals surface area contributed by atoms with Crippen LogP contribution in [0, 0.1) is 0 Å². The molecule has 1 amide bonds. The number of sulfonamides is 1. The quantitative estimate of drug-likeness (QED) is 0.414. The molecule has 0 bridgehead atoms. The van der Waals surface area contributed by atoms with Crippen molar-refractivity contribution in [2.45, 2.75) is 11.8 Å². The van der Waals surface area contributed by atoms with Gasteiger partial charge in [0.25, 0.3) is 15.9 Å². The van der Waals surface area contributed by atoms with Crippen molar-refractivity contribution in [2.24, 2.45) is 0 Å². The zero-order chi connectivity index (χ0) is 21.8. The van der Waals surface area contributed by atoms with Crippen LogP contribution in [0.1, 0.15) is 27.6 Å². The second kappa shape index (κ2) is 9.03. The molecule has 0 aliphatic heterocycles. The van der Waals surface area contributed by atoms with E-state index in [2.05, 4.69) is 4.84 Å². The minimum Gasteiger partial charge on any atom is -0.426 e. The van der Waals surface area contributed by atoms with Crippen LogP contribution in [-0.4, -0.2) is 45.3 Å². The Kier molecular flexibility index (Phi) is 6.96. The molecule has 0 aliphatic rings. The van der Waals surface area contributed by atoms with Crippen molar-refractivity contribution in [3.8, 4) is 5.75 Å². The first-order valence-electron chi connectivity index (χ1n) is 8.04. The van der Waals surface area contributed by atoms with Gasteiger partial charge in [-0.1, -0.05) is 23.7 Å². The minimum atomic E-state index is -4.42. The first kappa shape index (κ1) is 22.3. The molecule has 0 saturated carbocycles. The number of rotatable bonds is 6. The van der Waals surface area contributed by atoms with E-state index < -0.39 is 32.8 Å². The SMILES string of the molecule is CC(=O)Oc1ccccc1C(=O)ONS(=O)(=O)c1cc(C(=O)N(C)C)ccc1Cl. The van der Waals surface area contributed by atoms with Crippen LogP contribution >= 0.6 is 11.6 Å². The van der Waals surface area contributed by atoms with Crippen LogP contribution in [-0.2, 0) is 19.7 Å². The van der Waals surface area contributed by atoms with E-state index in [9.17, 15) is 22.8 Å². The number of carbonyl (C=O) groups excluding carboxylic acids is 3. The monoisotopic (exact) mass is 440 g/mol. The number of benzene rings is 2. The van der Waals surface area contributed by atoms with Gasteiger partial charge < -0.3 is 14.5 Å². The molecular formula is C18H17ClN2O7S. The summed E-state index contributed by atoms with van der Waals surface area (Å²) >= 11 is 5.94. The fourth-order valence-corrected chi connectivity index (χ4v) is 3.48. The maximum Gasteiger partial charge on any atom is 0.361 e. The van der Waals surface area contributed by atoms with Gasteiger partial charge >= 0.3 is 11.9 Å². The first-order valence-corrected chi connectivity index (χ1v) is 9.90. The van der Waals surface area contributed by atoms with Gasteiger partial charge in [0.1, 0.15) is 16.2 Å². The van der Waals surface area contributed by atoms with Crippen LogP contribution in [0.2, 0.25) is 5.02 Å². The molecule has 29 heavy (non-hydrogen) atoms. The smallest absolute Gasteiger partial charge is 0.361 e. The van der Waals surface area contributed by atoms with E-state index in [4.69, 9.17) is 16.3 Å². The van der Waals surface area contributed by atoms with Gasteiger partial charge in [0.05, 0.1) is 5.02 Å². The lowest BCUT2D eigenvalue weighted by molar-refractivity contribution is -0.131. The summed E-state index contributed by atoms with van der Waals surface area (Å²) in [6, 6.07) is 9.30. The van der Waals surface area contributed by atoms with Crippen LogP contribution < -0.4 is 9.62 Å². The second-order valence-corrected chi connectivity index (χ2v) is 7.93. The molecule has 0 atom stereocenters. The maximum atomic E-state index is 12.5. The Balaban J connectivity index is 2.25. The lowest BCUT2D eigenvalue weighted by Crippen LogP contribution is -2.28. The number of halogens is 1. The van der Waals surface area contributed by atoms with Gasteiger partial charge in [0.15, 0.2) is 0 Å². The minimum absolute atomic E-state index is 0.0753. The highest BCUT2D eigenvalue weighted by molar-refractivity contribution is 7.89. The third-order valence-electron chi connectivity index (χ3n) is 3.48. The standard InChI is InChI=1S/C18H17ClN2O7S/c1-11(22)27-15-7-5-4-6-13(15)18(24)28-20-29(25,26)16-10-12(8-9-14(16)19)17(23)21(2)3/h4-10,20H,1-3H3. The lowest BCUT2D eigenvalue weighted by atomic mass is 10.2. The fourth-order valence-electron chi connectivity index (χ4n) is 2.17. The van der Waals surface area contributed by atoms with Crippen molar-refractivity contribution >= 4 is 39.5 Å². The number of amides is 1. The van der Waals surface area contributed by atoms with Crippen molar-refractivity contribution in [1.82, 2.24) is 9.79 Å². The van der Waals surface area contributed by atoms with Gasteiger partial charge in [-0.2, -0.15) is 0 Å². The summed E-state index contributed by atoms with van der Waals surface area (Å²) in [7, 11) is -1.40. The van der Waals surface area contributed by atoms with Crippen molar-refractivity contribution in [3.05, 3.63) is 58.6 Å². The Labute approximate surface area is 172 Å². The zero-order valence-electron chi connectivity index (χ0n) is 15.6. The van der Waals surface area contributed by atoms with Crippen molar-refractivity contribution < 1.29 is 32.4 Å². The molecule has 0 saturated heterocycles. The molecule has 2 aromatic carbocycles. The van der Waals surface area contributed by atoms with Gasteiger partial charge in [-0.25, -0.2) is 13.2 Å². The highest BCUT2D eigenvalue weighted by atomic mass is 35.5. The van der Waals surface area contributed by atoms with Crippen LogP contribution in [0.5, 0.6) is 5.75 Å². The molecule has 1 N–H and O–H groups in total. The van der Waals surface area contributed by atoms with Crippen LogP contribution in [0.25, 0.3) is 0 Å². The maximum absolute atomic E-state index is 12.5. The summed E-state index contributed by atoms with van der Waals surface area (Å²) in [6.07, 6.45) is 0. The van der Waals surface area contributed by atoms with Gasteiger partial charge in [0.2, 0.25) is 0 Å². The molecule has 2 rings (SSSR count). The van der Waals surface area contributed by atoms with E-state index in [0.717, 1.165) is 13.0 Å². The first-order chi connectivity index (χ1) is 13.5. The Hall–Kier alpha value is -2.95. The highest BCUT2D eigenvalue weighted by Gasteiger charge is 2.24. The predicted octanol–water partition coefficient (Wildman–Crippen LogP) is 2.02. The molecule has 0 aromatic heterocycles. The molecule has 0 fully saturated rings. The van der Waals surface area contributed by atoms with E-state index in [1.165, 1.54) is 55.4 Å². The summed E-state index contributed by atoms with van der Waals surface area (Å²) < 4.78 is 29.9. The Morgan fingerprint density at radius 2 is 1.72 bits per heavy atom. The predicted molar refractivity (Wildman–Crippen MR) is 103 cm³/mol. The summed E-state index contributed by atoms with van der Waals surface area (Å²) in [5.41, 5.74) is -0.0978.